The van der Waals surface area contributed by atoms with Gasteiger partial charge in [0.1, 0.15) is 0 Å². The lowest BCUT2D eigenvalue weighted by Gasteiger charge is -2.50. The zero-order valence-electron chi connectivity index (χ0n) is 19.3. The third kappa shape index (κ3) is 4.96. The summed E-state index contributed by atoms with van der Waals surface area (Å²) in [5, 5.41) is 0. The first-order valence-electron chi connectivity index (χ1n) is 13.4. The van der Waals surface area contributed by atoms with Crippen molar-refractivity contribution >= 4 is 11.9 Å². The van der Waals surface area contributed by atoms with Crippen molar-refractivity contribution in [1.82, 2.24) is 0 Å². The molecule has 0 bridgehead atoms. The number of fused-ring (bicyclic) bond motifs is 4. The summed E-state index contributed by atoms with van der Waals surface area (Å²) in [5.41, 5.74) is 0. The molecule has 0 amide bonds. The number of cyclic esters (lactones) is 2. The van der Waals surface area contributed by atoms with Gasteiger partial charge >= 0.3 is 11.9 Å². The molecule has 7 atom stereocenters. The van der Waals surface area contributed by atoms with Gasteiger partial charge in [0.05, 0.1) is 11.8 Å². The summed E-state index contributed by atoms with van der Waals surface area (Å²) < 4.78 is 5.05. The van der Waals surface area contributed by atoms with E-state index in [0.717, 1.165) is 30.6 Å². The van der Waals surface area contributed by atoms with Crippen LogP contribution in [0.2, 0.25) is 0 Å². The molecule has 0 spiro atoms. The van der Waals surface area contributed by atoms with E-state index in [9.17, 15) is 9.59 Å². The highest BCUT2D eigenvalue weighted by atomic mass is 16.6. The molecule has 0 aromatic carbocycles. The summed E-state index contributed by atoms with van der Waals surface area (Å²) in [6.07, 6.45) is 22.7. The van der Waals surface area contributed by atoms with Gasteiger partial charge in [-0.3, -0.25) is 9.59 Å². The number of carbonyl (C=O) groups is 2. The Labute approximate surface area is 184 Å². The lowest BCUT2D eigenvalue weighted by atomic mass is 9.54. The summed E-state index contributed by atoms with van der Waals surface area (Å²) in [6, 6.07) is 0. The molecule has 4 aliphatic rings. The fraction of sp³-hybridized carbons (Fsp3) is 0.926. The van der Waals surface area contributed by atoms with Crippen molar-refractivity contribution in [2.24, 2.45) is 41.4 Å². The van der Waals surface area contributed by atoms with Gasteiger partial charge in [0.15, 0.2) is 0 Å². The molecule has 3 aliphatic carbocycles. The van der Waals surface area contributed by atoms with E-state index in [-0.39, 0.29) is 23.8 Å². The minimum atomic E-state index is -0.213. The van der Waals surface area contributed by atoms with Crippen molar-refractivity contribution in [3.05, 3.63) is 0 Å². The average molecular weight is 417 g/mol. The molecule has 30 heavy (non-hydrogen) atoms. The zero-order valence-corrected chi connectivity index (χ0v) is 19.3. The van der Waals surface area contributed by atoms with Crippen molar-refractivity contribution in [2.75, 3.05) is 0 Å². The fourth-order valence-electron chi connectivity index (χ4n) is 7.78. The molecule has 4 fully saturated rings. The number of rotatable bonds is 11. The van der Waals surface area contributed by atoms with Gasteiger partial charge in [-0.25, -0.2) is 0 Å². The molecule has 1 saturated heterocycles. The largest absolute Gasteiger partial charge is 0.393 e. The Morgan fingerprint density at radius 3 is 1.97 bits per heavy atom. The zero-order chi connectivity index (χ0) is 20.9. The molecule has 7 unspecified atom stereocenters. The van der Waals surface area contributed by atoms with Gasteiger partial charge in [-0.2, -0.15) is 0 Å². The summed E-state index contributed by atoms with van der Waals surface area (Å²) >= 11 is 0. The summed E-state index contributed by atoms with van der Waals surface area (Å²) in [6.45, 7) is 2.28. The maximum Gasteiger partial charge on any atom is 0.317 e. The highest BCUT2D eigenvalue weighted by Gasteiger charge is 2.56. The molecule has 4 rings (SSSR count). The van der Waals surface area contributed by atoms with Crippen LogP contribution in [0, 0.1) is 41.4 Å². The van der Waals surface area contributed by atoms with Crippen molar-refractivity contribution < 1.29 is 14.3 Å². The van der Waals surface area contributed by atoms with E-state index >= 15 is 0 Å². The molecular formula is C27H44O3. The maximum absolute atomic E-state index is 12.2. The monoisotopic (exact) mass is 416 g/mol. The maximum atomic E-state index is 12.2. The summed E-state index contributed by atoms with van der Waals surface area (Å²) in [4.78, 5) is 24.4. The molecule has 1 aliphatic heterocycles. The number of ether oxygens (including phenoxy) is 1. The predicted octanol–water partition coefficient (Wildman–Crippen LogP) is 7.08. The van der Waals surface area contributed by atoms with Gasteiger partial charge in [0.2, 0.25) is 0 Å². The van der Waals surface area contributed by atoms with Crippen LogP contribution in [-0.2, 0) is 14.3 Å². The first-order chi connectivity index (χ1) is 14.7. The van der Waals surface area contributed by atoms with Crippen LogP contribution in [0.15, 0.2) is 0 Å². The topological polar surface area (TPSA) is 43.4 Å². The standard InChI is InChI=1S/C27H44O3/c1-2-3-4-5-6-7-8-9-10-11-13-20-16-19-14-12-15-21(19)23-18-25-24(17-22(20)23)26(28)30-27(25)29/h19-25H,2-18H2,1H3. The minimum Gasteiger partial charge on any atom is -0.393 e. The molecule has 0 radical (unpaired) electrons. The van der Waals surface area contributed by atoms with Crippen molar-refractivity contribution in [3.8, 4) is 0 Å². The Kier molecular flexibility index (Phi) is 7.92. The van der Waals surface area contributed by atoms with E-state index in [0.29, 0.717) is 11.8 Å². The van der Waals surface area contributed by atoms with Crippen LogP contribution in [-0.4, -0.2) is 11.9 Å². The van der Waals surface area contributed by atoms with Gasteiger partial charge in [-0.1, -0.05) is 90.4 Å². The molecule has 3 saturated carbocycles. The second kappa shape index (κ2) is 10.6. The molecule has 0 aromatic heterocycles. The van der Waals surface area contributed by atoms with Crippen molar-refractivity contribution in [1.29, 1.82) is 0 Å². The van der Waals surface area contributed by atoms with E-state index < -0.39 is 0 Å². The Morgan fingerprint density at radius 1 is 0.700 bits per heavy atom. The van der Waals surface area contributed by atoms with Crippen LogP contribution in [0.3, 0.4) is 0 Å². The van der Waals surface area contributed by atoms with Crippen LogP contribution in [0.1, 0.15) is 116 Å². The number of hydrogen-bond acceptors (Lipinski definition) is 3. The van der Waals surface area contributed by atoms with Crippen molar-refractivity contribution in [2.45, 2.75) is 116 Å². The second-order valence-corrected chi connectivity index (χ2v) is 11.1. The Bertz CT molecular complexity index is 585. The van der Waals surface area contributed by atoms with Gasteiger partial charge in [-0.15, -0.1) is 0 Å². The molecule has 1 heterocycles. The van der Waals surface area contributed by atoms with E-state index in [2.05, 4.69) is 6.92 Å². The normalized spacial score (nSPS) is 37.6. The summed E-state index contributed by atoms with van der Waals surface area (Å²) in [7, 11) is 0. The van der Waals surface area contributed by atoms with Gasteiger partial charge in [0.25, 0.3) is 0 Å². The van der Waals surface area contributed by atoms with Gasteiger partial charge in [0, 0.05) is 0 Å². The molecular weight excluding hydrogens is 372 g/mol. The Morgan fingerprint density at radius 2 is 1.30 bits per heavy atom. The van der Waals surface area contributed by atoms with Gasteiger partial charge in [-0.05, 0) is 55.3 Å². The fourth-order valence-corrected chi connectivity index (χ4v) is 7.78. The number of unbranched alkanes of at least 4 members (excludes halogenated alkanes) is 9. The SMILES string of the molecule is CCCCCCCCCCCCC1CC2CCCC2C2CC3C(=O)OC(=O)C3CC12. The highest BCUT2D eigenvalue weighted by Crippen LogP contribution is 2.58. The quantitative estimate of drug-likeness (QED) is 0.205. The number of carbonyl (C=O) groups excluding carboxylic acids is 2. The smallest absolute Gasteiger partial charge is 0.317 e. The van der Waals surface area contributed by atoms with E-state index in [1.807, 2.05) is 0 Å². The molecule has 0 aromatic rings. The third-order valence-electron chi connectivity index (χ3n) is 9.30. The van der Waals surface area contributed by atoms with Crippen LogP contribution in [0.4, 0.5) is 0 Å². The molecule has 3 nitrogen and oxygen atoms in total. The van der Waals surface area contributed by atoms with E-state index in [1.54, 1.807) is 0 Å². The van der Waals surface area contributed by atoms with Crippen LogP contribution in [0.25, 0.3) is 0 Å². The third-order valence-corrected chi connectivity index (χ3v) is 9.30. The Balaban J connectivity index is 1.23. The summed E-state index contributed by atoms with van der Waals surface area (Å²) in [5.74, 6) is 3.19. The average Bonchev–Trinajstić information content (AvgIpc) is 3.32. The highest BCUT2D eigenvalue weighted by molar-refractivity contribution is 5.96. The number of hydrogen-bond donors (Lipinski definition) is 0. The lowest BCUT2D eigenvalue weighted by molar-refractivity contribution is -0.153. The van der Waals surface area contributed by atoms with Crippen LogP contribution in [0.5, 0.6) is 0 Å². The molecule has 3 heteroatoms. The minimum absolute atomic E-state index is 0.115. The Hall–Kier alpha value is -0.860. The van der Waals surface area contributed by atoms with Crippen molar-refractivity contribution in [3.63, 3.8) is 0 Å². The molecule has 0 N–H and O–H groups in total. The first-order valence-corrected chi connectivity index (χ1v) is 13.4. The molecule has 170 valence electrons. The van der Waals surface area contributed by atoms with E-state index in [4.69, 9.17) is 4.74 Å². The number of esters is 2. The lowest BCUT2D eigenvalue weighted by Crippen LogP contribution is -2.45. The predicted molar refractivity (Wildman–Crippen MR) is 120 cm³/mol. The van der Waals surface area contributed by atoms with Crippen LogP contribution < -0.4 is 0 Å². The first kappa shape index (κ1) is 22.3. The van der Waals surface area contributed by atoms with Gasteiger partial charge < -0.3 is 4.74 Å². The van der Waals surface area contributed by atoms with Crippen LogP contribution >= 0.6 is 0 Å². The van der Waals surface area contributed by atoms with E-state index in [1.165, 1.54) is 96.3 Å². The second-order valence-electron chi connectivity index (χ2n) is 11.1.